The first-order chi connectivity index (χ1) is 14.4. The van der Waals surface area contributed by atoms with Gasteiger partial charge in [0, 0.05) is 0 Å². The van der Waals surface area contributed by atoms with Crippen LogP contribution >= 0.6 is 0 Å². The molecule has 0 heterocycles. The lowest BCUT2D eigenvalue weighted by molar-refractivity contribution is -0.118. The second-order valence-corrected chi connectivity index (χ2v) is 7.26. The number of para-hydroxylation sites is 1. The Balaban J connectivity index is 1.65. The van der Waals surface area contributed by atoms with Crippen LogP contribution in [-0.4, -0.2) is 18.4 Å². The van der Waals surface area contributed by atoms with Crippen LogP contribution in [0.2, 0.25) is 0 Å². The second-order valence-electron chi connectivity index (χ2n) is 7.26. The van der Waals surface area contributed by atoms with Crippen LogP contribution in [0.1, 0.15) is 40.0 Å². The number of aryl methyl sites for hydroxylation is 2. The molecule has 5 heteroatoms. The molecule has 2 amide bonds. The number of rotatable bonds is 7. The lowest BCUT2D eigenvalue weighted by Crippen LogP contribution is -2.28. The Hall–Kier alpha value is -3.60. The maximum atomic E-state index is 12.8. The zero-order chi connectivity index (χ0) is 21.5. The van der Waals surface area contributed by atoms with Gasteiger partial charge in [0.25, 0.3) is 11.8 Å². The van der Waals surface area contributed by atoms with E-state index in [2.05, 4.69) is 10.6 Å². The Morgan fingerprint density at radius 2 is 1.63 bits per heavy atom. The highest BCUT2D eigenvalue weighted by Crippen LogP contribution is 2.20. The van der Waals surface area contributed by atoms with E-state index >= 15 is 0 Å². The summed E-state index contributed by atoms with van der Waals surface area (Å²) < 4.78 is 5.66. The second kappa shape index (κ2) is 9.74. The van der Waals surface area contributed by atoms with Crippen LogP contribution in [0.5, 0.6) is 5.75 Å². The summed E-state index contributed by atoms with van der Waals surface area (Å²) in [5.74, 6) is 0.0952. The van der Waals surface area contributed by atoms with Crippen molar-refractivity contribution in [3.63, 3.8) is 0 Å². The van der Waals surface area contributed by atoms with Crippen LogP contribution in [-0.2, 0) is 4.79 Å². The fourth-order valence-electron chi connectivity index (χ4n) is 3.08. The molecule has 0 aliphatic heterocycles. The summed E-state index contributed by atoms with van der Waals surface area (Å²) >= 11 is 0. The van der Waals surface area contributed by atoms with Gasteiger partial charge >= 0.3 is 0 Å². The summed E-state index contributed by atoms with van der Waals surface area (Å²) in [4.78, 5) is 25.2. The van der Waals surface area contributed by atoms with Gasteiger partial charge in [0.2, 0.25) is 0 Å². The van der Waals surface area contributed by atoms with Gasteiger partial charge in [-0.05, 0) is 55.7 Å². The molecule has 0 aliphatic rings. The number of hydrogen-bond donors (Lipinski definition) is 2. The van der Waals surface area contributed by atoms with Crippen molar-refractivity contribution in [2.45, 2.75) is 26.8 Å². The van der Waals surface area contributed by atoms with Gasteiger partial charge in [-0.1, -0.05) is 54.6 Å². The number of amides is 2. The molecule has 0 aliphatic carbocycles. The van der Waals surface area contributed by atoms with Crippen molar-refractivity contribution in [2.75, 3.05) is 11.9 Å². The number of carbonyl (C=O) groups is 2. The predicted octanol–water partition coefficient (Wildman–Crippen LogP) is 4.81. The minimum Gasteiger partial charge on any atom is -0.483 e. The molecule has 3 aromatic rings. The van der Waals surface area contributed by atoms with Crippen LogP contribution < -0.4 is 15.4 Å². The number of nitrogens with one attached hydrogen (secondary N) is 2. The molecule has 154 valence electrons. The highest BCUT2D eigenvalue weighted by atomic mass is 16.5. The molecule has 0 fully saturated rings. The molecule has 30 heavy (non-hydrogen) atoms. The van der Waals surface area contributed by atoms with Crippen LogP contribution in [0.4, 0.5) is 5.69 Å². The molecule has 0 radical (unpaired) electrons. The van der Waals surface area contributed by atoms with Crippen LogP contribution in [0.15, 0.2) is 72.8 Å². The molecule has 1 atom stereocenters. The average molecular weight is 402 g/mol. The van der Waals surface area contributed by atoms with Gasteiger partial charge in [0.1, 0.15) is 5.75 Å². The molecule has 2 N–H and O–H groups in total. The van der Waals surface area contributed by atoms with Crippen molar-refractivity contribution in [2.24, 2.45) is 0 Å². The predicted molar refractivity (Wildman–Crippen MR) is 119 cm³/mol. The van der Waals surface area contributed by atoms with Gasteiger partial charge in [0.15, 0.2) is 6.61 Å². The monoisotopic (exact) mass is 402 g/mol. The Morgan fingerprint density at radius 3 is 2.40 bits per heavy atom. The lowest BCUT2D eigenvalue weighted by atomic mass is 10.1. The largest absolute Gasteiger partial charge is 0.483 e. The van der Waals surface area contributed by atoms with Gasteiger partial charge < -0.3 is 15.4 Å². The molecule has 3 rings (SSSR count). The highest BCUT2D eigenvalue weighted by molar-refractivity contribution is 6.04. The minimum absolute atomic E-state index is 0.138. The van der Waals surface area contributed by atoms with Crippen molar-refractivity contribution < 1.29 is 14.3 Å². The standard InChI is InChI=1S/C25H26N2O3/c1-17-13-14-18(2)23(15-17)30-16-24(28)27-22-12-8-7-11-21(22)25(29)26-19(3)20-9-5-4-6-10-20/h4-15,19H,16H2,1-3H3,(H,26,29)(H,27,28)/t19-/m0/s1. The Morgan fingerprint density at radius 1 is 0.933 bits per heavy atom. The normalized spacial score (nSPS) is 11.4. The van der Waals surface area contributed by atoms with Crippen molar-refractivity contribution >= 4 is 17.5 Å². The smallest absolute Gasteiger partial charge is 0.262 e. The fourth-order valence-corrected chi connectivity index (χ4v) is 3.08. The number of ether oxygens (including phenoxy) is 1. The summed E-state index contributed by atoms with van der Waals surface area (Å²) in [6.07, 6.45) is 0. The Labute approximate surface area is 177 Å². The Bertz CT molecular complexity index is 1030. The number of carbonyl (C=O) groups excluding carboxylic acids is 2. The quantitative estimate of drug-likeness (QED) is 0.596. The van der Waals surface area contributed by atoms with Crippen molar-refractivity contribution in [1.82, 2.24) is 5.32 Å². The molecular weight excluding hydrogens is 376 g/mol. The topological polar surface area (TPSA) is 67.4 Å². The molecule has 0 spiro atoms. The zero-order valence-corrected chi connectivity index (χ0v) is 17.4. The summed E-state index contributed by atoms with van der Waals surface area (Å²) in [6.45, 7) is 5.69. The van der Waals surface area contributed by atoms with Crippen molar-refractivity contribution in [3.8, 4) is 5.75 Å². The van der Waals surface area contributed by atoms with Gasteiger partial charge in [-0.25, -0.2) is 0 Å². The third-order valence-corrected chi connectivity index (χ3v) is 4.80. The summed E-state index contributed by atoms with van der Waals surface area (Å²) in [6, 6.07) is 22.4. The first-order valence-electron chi connectivity index (χ1n) is 9.89. The fraction of sp³-hybridized carbons (Fsp3) is 0.200. The lowest BCUT2D eigenvalue weighted by Gasteiger charge is -2.16. The van der Waals surface area contributed by atoms with Crippen molar-refractivity contribution in [3.05, 3.63) is 95.1 Å². The number of hydrogen-bond acceptors (Lipinski definition) is 3. The van der Waals surface area contributed by atoms with E-state index in [1.54, 1.807) is 24.3 Å². The summed E-state index contributed by atoms with van der Waals surface area (Å²) in [5.41, 5.74) is 3.88. The molecule has 0 aromatic heterocycles. The SMILES string of the molecule is Cc1ccc(C)c(OCC(=O)Nc2ccccc2C(=O)N[C@@H](C)c2ccccc2)c1. The van der Waals surface area contributed by atoms with Crippen molar-refractivity contribution in [1.29, 1.82) is 0 Å². The van der Waals surface area contributed by atoms with E-state index in [0.29, 0.717) is 17.0 Å². The molecule has 3 aromatic carbocycles. The molecular formula is C25H26N2O3. The average Bonchev–Trinajstić information content (AvgIpc) is 2.75. The van der Waals surface area contributed by atoms with Gasteiger partial charge in [0.05, 0.1) is 17.3 Å². The third-order valence-electron chi connectivity index (χ3n) is 4.80. The first-order valence-corrected chi connectivity index (χ1v) is 9.89. The number of anilines is 1. The van der Waals surface area contributed by atoms with Gasteiger partial charge in [-0.15, -0.1) is 0 Å². The van der Waals surface area contributed by atoms with E-state index in [0.717, 1.165) is 16.7 Å². The highest BCUT2D eigenvalue weighted by Gasteiger charge is 2.16. The Kier molecular flexibility index (Phi) is 6.86. The first kappa shape index (κ1) is 21.1. The zero-order valence-electron chi connectivity index (χ0n) is 17.4. The van der Waals surface area contributed by atoms with Crippen LogP contribution in [0.25, 0.3) is 0 Å². The molecule has 0 saturated heterocycles. The van der Waals surface area contributed by atoms with E-state index < -0.39 is 0 Å². The van der Waals surface area contributed by atoms with Crippen LogP contribution in [0, 0.1) is 13.8 Å². The van der Waals surface area contributed by atoms with E-state index in [1.165, 1.54) is 0 Å². The van der Waals surface area contributed by atoms with Gasteiger partial charge in [-0.2, -0.15) is 0 Å². The molecule has 0 unspecified atom stereocenters. The van der Waals surface area contributed by atoms with E-state index in [9.17, 15) is 9.59 Å². The molecule has 0 saturated carbocycles. The van der Waals surface area contributed by atoms with E-state index in [-0.39, 0.29) is 24.5 Å². The molecule has 0 bridgehead atoms. The maximum absolute atomic E-state index is 12.8. The minimum atomic E-state index is -0.327. The summed E-state index contributed by atoms with van der Waals surface area (Å²) in [7, 11) is 0. The third kappa shape index (κ3) is 5.47. The summed E-state index contributed by atoms with van der Waals surface area (Å²) in [5, 5.41) is 5.76. The molecule has 5 nitrogen and oxygen atoms in total. The van der Waals surface area contributed by atoms with Gasteiger partial charge in [-0.3, -0.25) is 9.59 Å². The van der Waals surface area contributed by atoms with E-state index in [4.69, 9.17) is 4.74 Å². The maximum Gasteiger partial charge on any atom is 0.262 e. The van der Waals surface area contributed by atoms with Crippen LogP contribution in [0.3, 0.4) is 0 Å². The number of benzene rings is 3. The van der Waals surface area contributed by atoms with E-state index in [1.807, 2.05) is 69.3 Å².